The normalized spacial score (nSPS) is 11.6. The minimum Gasteiger partial charge on any atom is -0.354 e. The number of pyridine rings is 4. The summed E-state index contributed by atoms with van der Waals surface area (Å²) in [7, 11) is 0. The molecule has 0 unspecified atom stereocenters. The molecule has 1 N–H and O–H groups in total. The maximum absolute atomic E-state index is 5.20. The first kappa shape index (κ1) is 14.9. The Morgan fingerprint density at radius 2 is 1.86 bits per heavy atom. The third-order valence-corrected chi connectivity index (χ3v) is 4.67. The standard InChI is InChI=1S/C20H11N7O/c1-2-15(25-16-3-4-21-7-12(1)16)13-5-17-19(22-8-13)11-27(26-17)14-6-20-18(23-9-14)10-24-28-20/h1-11H/p+1. The number of H-pyrrole nitrogens is 1. The quantitative estimate of drug-likeness (QED) is 0.473. The summed E-state index contributed by atoms with van der Waals surface area (Å²) in [5, 5.41) is 8.10. The van der Waals surface area contributed by atoms with Crippen molar-refractivity contribution in [3.05, 3.63) is 67.5 Å². The van der Waals surface area contributed by atoms with Crippen LogP contribution in [0.4, 0.5) is 0 Å². The van der Waals surface area contributed by atoms with E-state index in [0.29, 0.717) is 5.58 Å². The second-order valence-corrected chi connectivity index (χ2v) is 6.44. The van der Waals surface area contributed by atoms with Gasteiger partial charge in [-0.15, -0.1) is 0 Å². The summed E-state index contributed by atoms with van der Waals surface area (Å²) in [6.45, 7) is 0. The number of nitrogens with one attached hydrogen (secondary N) is 1. The summed E-state index contributed by atoms with van der Waals surface area (Å²) in [5.74, 6) is 0. The van der Waals surface area contributed by atoms with Gasteiger partial charge in [-0.25, -0.2) is 15.0 Å². The van der Waals surface area contributed by atoms with E-state index in [1.54, 1.807) is 24.8 Å². The molecule has 0 aliphatic rings. The van der Waals surface area contributed by atoms with Gasteiger partial charge in [0.05, 0.1) is 23.5 Å². The van der Waals surface area contributed by atoms with Crippen LogP contribution in [0, 0.1) is 0 Å². The van der Waals surface area contributed by atoms with Crippen LogP contribution in [0.15, 0.2) is 72.0 Å². The summed E-state index contributed by atoms with van der Waals surface area (Å²) in [6.07, 6.45) is 10.6. The average molecular weight is 366 g/mol. The van der Waals surface area contributed by atoms with Crippen LogP contribution in [0.3, 0.4) is 0 Å². The molecule has 0 amide bonds. The molecule has 0 spiro atoms. The predicted octanol–water partition coefficient (Wildman–Crippen LogP) is 2.99. The summed E-state index contributed by atoms with van der Waals surface area (Å²) < 4.78 is 7.06. The second kappa shape index (κ2) is 5.65. The lowest BCUT2D eigenvalue weighted by molar-refractivity contribution is -0.653. The Balaban J connectivity index is 1.45. The van der Waals surface area contributed by atoms with Crippen molar-refractivity contribution >= 4 is 33.0 Å². The Morgan fingerprint density at radius 1 is 0.893 bits per heavy atom. The summed E-state index contributed by atoms with van der Waals surface area (Å²) in [6, 6.07) is 9.81. The van der Waals surface area contributed by atoms with Crippen molar-refractivity contribution in [1.82, 2.24) is 30.2 Å². The SMILES string of the molecule is c1cc2nc(-c3cnc4c[n+](-c5cnc6cnoc6c5)[nH]c4c3)ccc2cn1. The number of aromatic amines is 1. The molecule has 6 aromatic heterocycles. The minimum absolute atomic E-state index is 0.632. The molecule has 0 saturated carbocycles. The Bertz CT molecular complexity index is 1480. The number of aromatic nitrogens is 7. The van der Waals surface area contributed by atoms with Crippen LogP contribution in [0.1, 0.15) is 0 Å². The van der Waals surface area contributed by atoms with E-state index in [0.717, 1.165) is 44.4 Å². The van der Waals surface area contributed by atoms with E-state index in [2.05, 4.69) is 25.2 Å². The molecule has 0 fully saturated rings. The highest BCUT2D eigenvalue weighted by Crippen LogP contribution is 2.22. The van der Waals surface area contributed by atoms with E-state index in [-0.39, 0.29) is 0 Å². The fourth-order valence-corrected chi connectivity index (χ4v) is 3.24. The summed E-state index contributed by atoms with van der Waals surface area (Å²) in [4.78, 5) is 17.8. The van der Waals surface area contributed by atoms with Crippen LogP contribution in [-0.4, -0.2) is 30.2 Å². The van der Waals surface area contributed by atoms with E-state index in [1.807, 2.05) is 47.4 Å². The molecule has 6 rings (SSSR count). The Labute approximate surface area is 157 Å². The highest BCUT2D eigenvalue weighted by atomic mass is 16.5. The van der Waals surface area contributed by atoms with Gasteiger partial charge >= 0.3 is 0 Å². The Kier molecular flexibility index (Phi) is 3.01. The molecular formula is C20H12N7O+. The molecule has 0 bridgehead atoms. The highest BCUT2D eigenvalue weighted by molar-refractivity contribution is 5.83. The van der Waals surface area contributed by atoms with Crippen LogP contribution in [0.5, 0.6) is 0 Å². The zero-order valence-corrected chi connectivity index (χ0v) is 14.4. The molecule has 0 aromatic carbocycles. The number of fused-ring (bicyclic) bond motifs is 3. The molecule has 6 heterocycles. The molecule has 0 saturated heterocycles. The van der Waals surface area contributed by atoms with Gasteiger partial charge in [0.15, 0.2) is 11.1 Å². The van der Waals surface area contributed by atoms with Gasteiger partial charge in [-0.1, -0.05) is 9.84 Å². The molecular weight excluding hydrogens is 354 g/mol. The number of hydrogen-bond donors (Lipinski definition) is 1. The Morgan fingerprint density at radius 3 is 2.86 bits per heavy atom. The molecule has 0 atom stereocenters. The van der Waals surface area contributed by atoms with Crippen LogP contribution < -0.4 is 4.68 Å². The topological polar surface area (TPSA) is 97.3 Å². The van der Waals surface area contributed by atoms with Crippen molar-refractivity contribution in [1.29, 1.82) is 0 Å². The molecule has 0 aliphatic heterocycles. The van der Waals surface area contributed by atoms with Crippen LogP contribution >= 0.6 is 0 Å². The maximum Gasteiger partial charge on any atom is 0.257 e. The zero-order valence-electron chi connectivity index (χ0n) is 14.4. The third-order valence-electron chi connectivity index (χ3n) is 4.67. The van der Waals surface area contributed by atoms with Gasteiger partial charge in [0.1, 0.15) is 17.2 Å². The maximum atomic E-state index is 5.20. The van der Waals surface area contributed by atoms with E-state index >= 15 is 0 Å². The largest absolute Gasteiger partial charge is 0.354 e. The van der Waals surface area contributed by atoms with Crippen LogP contribution in [0.25, 0.3) is 50.0 Å². The fourth-order valence-electron chi connectivity index (χ4n) is 3.24. The number of rotatable bonds is 2. The third kappa shape index (κ3) is 2.32. The van der Waals surface area contributed by atoms with Gasteiger partial charge in [-0.3, -0.25) is 4.98 Å². The van der Waals surface area contributed by atoms with Crippen LogP contribution in [-0.2, 0) is 0 Å². The first-order chi connectivity index (χ1) is 13.8. The summed E-state index contributed by atoms with van der Waals surface area (Å²) >= 11 is 0. The van der Waals surface area contributed by atoms with Crippen molar-refractivity contribution in [2.75, 3.05) is 0 Å². The van der Waals surface area contributed by atoms with Crippen molar-refractivity contribution in [3.63, 3.8) is 0 Å². The van der Waals surface area contributed by atoms with Gasteiger partial charge in [0.2, 0.25) is 6.20 Å². The average Bonchev–Trinajstić information content (AvgIpc) is 3.39. The molecule has 8 nitrogen and oxygen atoms in total. The minimum atomic E-state index is 0.632. The van der Waals surface area contributed by atoms with Crippen molar-refractivity contribution < 1.29 is 9.20 Å². The van der Waals surface area contributed by atoms with Crippen LogP contribution in [0.2, 0.25) is 0 Å². The summed E-state index contributed by atoms with van der Waals surface area (Å²) in [5.41, 5.74) is 6.62. The molecule has 8 heteroatoms. The molecule has 6 aromatic rings. The van der Waals surface area contributed by atoms with Crippen molar-refractivity contribution in [3.8, 4) is 16.9 Å². The smallest absolute Gasteiger partial charge is 0.257 e. The lowest BCUT2D eigenvalue weighted by atomic mass is 10.1. The lowest BCUT2D eigenvalue weighted by Gasteiger charge is -2.02. The monoisotopic (exact) mass is 366 g/mol. The molecule has 28 heavy (non-hydrogen) atoms. The van der Waals surface area contributed by atoms with Crippen molar-refractivity contribution in [2.24, 2.45) is 0 Å². The van der Waals surface area contributed by atoms with E-state index in [1.165, 1.54) is 0 Å². The second-order valence-electron chi connectivity index (χ2n) is 6.44. The van der Waals surface area contributed by atoms with Gasteiger partial charge in [0, 0.05) is 29.5 Å². The van der Waals surface area contributed by atoms with Crippen molar-refractivity contribution in [2.45, 2.75) is 0 Å². The molecule has 0 radical (unpaired) electrons. The van der Waals surface area contributed by atoms with Gasteiger partial charge in [-0.2, -0.15) is 5.10 Å². The fraction of sp³-hybridized carbons (Fsp3) is 0. The lowest BCUT2D eigenvalue weighted by Crippen LogP contribution is -2.31. The zero-order chi connectivity index (χ0) is 18.5. The van der Waals surface area contributed by atoms with Gasteiger partial charge in [0.25, 0.3) is 5.69 Å². The number of hydrogen-bond acceptors (Lipinski definition) is 6. The Hall–Kier alpha value is -4.20. The van der Waals surface area contributed by atoms with E-state index < -0.39 is 0 Å². The number of nitrogens with zero attached hydrogens (tertiary/aromatic N) is 6. The highest BCUT2D eigenvalue weighted by Gasteiger charge is 2.16. The van der Waals surface area contributed by atoms with Gasteiger partial charge < -0.3 is 4.52 Å². The van der Waals surface area contributed by atoms with E-state index in [9.17, 15) is 0 Å². The predicted molar refractivity (Wildman–Crippen MR) is 102 cm³/mol. The first-order valence-corrected chi connectivity index (χ1v) is 8.66. The van der Waals surface area contributed by atoms with Gasteiger partial charge in [-0.05, 0) is 24.3 Å². The first-order valence-electron chi connectivity index (χ1n) is 8.66. The van der Waals surface area contributed by atoms with E-state index in [4.69, 9.17) is 9.51 Å². The molecule has 0 aliphatic carbocycles. The molecule has 132 valence electrons.